The zero-order valence-corrected chi connectivity index (χ0v) is 19.7. The lowest BCUT2D eigenvalue weighted by Gasteiger charge is -2.47. The Balaban J connectivity index is 1.57. The fraction of sp³-hybridized carbons (Fsp3) is 0.500. The zero-order chi connectivity index (χ0) is 22.1. The molecule has 0 bridgehead atoms. The second-order valence-corrected chi connectivity index (χ2v) is 9.51. The highest BCUT2D eigenvalue weighted by molar-refractivity contribution is 6.36. The van der Waals surface area contributed by atoms with E-state index in [2.05, 4.69) is 55.0 Å². The van der Waals surface area contributed by atoms with Gasteiger partial charge in [0.2, 0.25) is 0 Å². The van der Waals surface area contributed by atoms with E-state index in [4.69, 9.17) is 22.3 Å². The van der Waals surface area contributed by atoms with Gasteiger partial charge in [0.15, 0.2) is 0 Å². The van der Waals surface area contributed by atoms with Crippen LogP contribution in [0.2, 0.25) is 5.02 Å². The van der Waals surface area contributed by atoms with Crippen LogP contribution in [0.5, 0.6) is 0 Å². The molecule has 2 aromatic rings. The van der Waals surface area contributed by atoms with E-state index in [0.717, 1.165) is 65.2 Å². The molecule has 1 aromatic heterocycles. The van der Waals surface area contributed by atoms with Crippen molar-refractivity contribution in [1.82, 2.24) is 14.8 Å². The second kappa shape index (κ2) is 9.22. The minimum atomic E-state index is -0.120. The van der Waals surface area contributed by atoms with Crippen molar-refractivity contribution >= 4 is 28.2 Å². The Hall–Kier alpha value is -2.04. The van der Waals surface area contributed by atoms with Gasteiger partial charge in [-0.1, -0.05) is 50.2 Å². The summed E-state index contributed by atoms with van der Waals surface area (Å²) in [5.74, 6) is 0. The third-order valence-corrected chi connectivity index (χ3v) is 7.26. The molecule has 0 radical (unpaired) electrons. The number of aryl methyl sites for hydroxylation is 1. The molecule has 4 rings (SSSR count). The third kappa shape index (κ3) is 4.33. The highest BCUT2D eigenvalue weighted by atomic mass is 35.5. The summed E-state index contributed by atoms with van der Waals surface area (Å²) in [5.41, 5.74) is 13.2. The average molecular weight is 439 g/mol. The SMILES string of the molecule is C=C(CCCC)N1CC(C)N(C(=C)c2ccc3c(Cl)c4c(nc3c2)CCCC4)C(N)C1. The Morgan fingerprint density at radius 1 is 1.23 bits per heavy atom. The molecule has 2 atom stereocenters. The van der Waals surface area contributed by atoms with E-state index in [-0.39, 0.29) is 12.2 Å². The first-order valence-electron chi connectivity index (χ1n) is 11.7. The first kappa shape index (κ1) is 22.2. The summed E-state index contributed by atoms with van der Waals surface area (Å²) in [4.78, 5) is 9.58. The number of benzene rings is 1. The van der Waals surface area contributed by atoms with Gasteiger partial charge in [-0.2, -0.15) is 0 Å². The molecule has 2 aliphatic rings. The predicted octanol–water partition coefficient (Wildman–Crippen LogP) is 5.73. The summed E-state index contributed by atoms with van der Waals surface area (Å²) < 4.78 is 0. The van der Waals surface area contributed by atoms with Gasteiger partial charge >= 0.3 is 0 Å². The van der Waals surface area contributed by atoms with Crippen LogP contribution >= 0.6 is 11.6 Å². The monoisotopic (exact) mass is 438 g/mol. The van der Waals surface area contributed by atoms with E-state index in [0.29, 0.717) is 0 Å². The molecule has 4 nitrogen and oxygen atoms in total. The molecule has 31 heavy (non-hydrogen) atoms. The highest BCUT2D eigenvalue weighted by Crippen LogP contribution is 2.35. The number of nitrogens with two attached hydrogens (primary N) is 1. The Morgan fingerprint density at radius 2 is 2.00 bits per heavy atom. The molecule has 2 unspecified atom stereocenters. The van der Waals surface area contributed by atoms with Gasteiger partial charge in [-0.15, -0.1) is 0 Å². The van der Waals surface area contributed by atoms with Gasteiger partial charge in [-0.3, -0.25) is 4.98 Å². The molecular weight excluding hydrogens is 404 g/mol. The molecule has 0 amide bonds. The fourth-order valence-electron chi connectivity index (χ4n) is 5.08. The van der Waals surface area contributed by atoms with Crippen LogP contribution in [0.3, 0.4) is 0 Å². The number of pyridine rings is 1. The number of rotatable bonds is 6. The Morgan fingerprint density at radius 3 is 2.74 bits per heavy atom. The lowest BCUT2D eigenvalue weighted by atomic mass is 9.94. The van der Waals surface area contributed by atoms with E-state index in [1.54, 1.807) is 0 Å². The van der Waals surface area contributed by atoms with Crippen molar-refractivity contribution in [1.29, 1.82) is 0 Å². The summed E-state index contributed by atoms with van der Waals surface area (Å²) in [6.45, 7) is 14.9. The van der Waals surface area contributed by atoms with E-state index in [1.807, 2.05) is 0 Å². The van der Waals surface area contributed by atoms with Gasteiger partial charge in [-0.25, -0.2) is 0 Å². The summed E-state index contributed by atoms with van der Waals surface area (Å²) in [6.07, 6.45) is 7.71. The number of halogens is 1. The Kier molecular flexibility index (Phi) is 6.59. The smallest absolute Gasteiger partial charge is 0.0952 e. The molecular formula is C26H35ClN4. The fourth-order valence-corrected chi connectivity index (χ4v) is 5.44. The predicted molar refractivity (Wildman–Crippen MR) is 132 cm³/mol. The molecule has 0 saturated carbocycles. The number of fused-ring (bicyclic) bond motifs is 2. The van der Waals surface area contributed by atoms with Gasteiger partial charge < -0.3 is 15.5 Å². The maximum Gasteiger partial charge on any atom is 0.0952 e. The van der Waals surface area contributed by atoms with Gasteiger partial charge in [0.1, 0.15) is 0 Å². The van der Waals surface area contributed by atoms with E-state index >= 15 is 0 Å². The van der Waals surface area contributed by atoms with Crippen LogP contribution in [0.4, 0.5) is 0 Å². The maximum absolute atomic E-state index is 6.76. The zero-order valence-electron chi connectivity index (χ0n) is 19.0. The average Bonchev–Trinajstić information content (AvgIpc) is 2.76. The molecule has 2 N–H and O–H groups in total. The molecule has 0 spiro atoms. The van der Waals surface area contributed by atoms with Crippen LogP contribution in [0.25, 0.3) is 16.6 Å². The van der Waals surface area contributed by atoms with Crippen LogP contribution in [0, 0.1) is 0 Å². The number of piperazine rings is 1. The first-order valence-corrected chi connectivity index (χ1v) is 12.1. The van der Waals surface area contributed by atoms with Crippen LogP contribution < -0.4 is 5.73 Å². The molecule has 166 valence electrons. The van der Waals surface area contributed by atoms with Gasteiger partial charge in [0, 0.05) is 35.1 Å². The number of aromatic nitrogens is 1. The number of hydrogen-bond donors (Lipinski definition) is 1. The molecule has 1 aliphatic heterocycles. The molecule has 2 heterocycles. The topological polar surface area (TPSA) is 45.4 Å². The van der Waals surface area contributed by atoms with Crippen molar-refractivity contribution < 1.29 is 0 Å². The summed E-state index contributed by atoms with van der Waals surface area (Å²) in [5, 5.41) is 1.91. The lowest BCUT2D eigenvalue weighted by molar-refractivity contribution is 0.100. The van der Waals surface area contributed by atoms with Crippen molar-refractivity contribution in [2.45, 2.75) is 71.0 Å². The van der Waals surface area contributed by atoms with E-state index < -0.39 is 0 Å². The number of unbranched alkanes of at least 4 members (excludes halogenated alkanes) is 1. The van der Waals surface area contributed by atoms with Gasteiger partial charge in [0.25, 0.3) is 0 Å². The van der Waals surface area contributed by atoms with Crippen molar-refractivity contribution in [2.24, 2.45) is 5.73 Å². The lowest BCUT2D eigenvalue weighted by Crippen LogP contribution is -2.59. The molecule has 1 aliphatic carbocycles. The largest absolute Gasteiger partial charge is 0.370 e. The highest BCUT2D eigenvalue weighted by Gasteiger charge is 2.31. The first-order chi connectivity index (χ1) is 14.9. The summed E-state index contributed by atoms with van der Waals surface area (Å²) in [7, 11) is 0. The summed E-state index contributed by atoms with van der Waals surface area (Å²) in [6, 6.07) is 6.59. The van der Waals surface area contributed by atoms with Crippen molar-refractivity contribution in [3.63, 3.8) is 0 Å². The second-order valence-electron chi connectivity index (χ2n) is 9.14. The molecule has 1 saturated heterocycles. The quantitative estimate of drug-likeness (QED) is 0.625. The summed E-state index contributed by atoms with van der Waals surface area (Å²) >= 11 is 6.76. The maximum atomic E-state index is 6.76. The molecule has 1 aromatic carbocycles. The van der Waals surface area contributed by atoms with Crippen LogP contribution in [-0.4, -0.2) is 40.1 Å². The number of hydrogen-bond acceptors (Lipinski definition) is 4. The van der Waals surface area contributed by atoms with Crippen molar-refractivity contribution in [2.75, 3.05) is 13.1 Å². The molecule has 5 heteroatoms. The van der Waals surface area contributed by atoms with Crippen molar-refractivity contribution in [3.05, 3.63) is 58.9 Å². The minimum absolute atomic E-state index is 0.120. The van der Waals surface area contributed by atoms with E-state index in [1.165, 1.54) is 36.9 Å². The van der Waals surface area contributed by atoms with E-state index in [9.17, 15) is 0 Å². The van der Waals surface area contributed by atoms with Gasteiger partial charge in [-0.05, 0) is 62.6 Å². The standard InChI is InChI=1S/C26H35ClN4/c1-5-6-9-17(2)30-15-18(3)31(25(28)16-30)19(4)20-12-13-22-24(14-20)29-23-11-8-7-10-21(23)26(22)27/h12-14,18,25H,2,4-11,15-16,28H2,1,3H3. The van der Waals surface area contributed by atoms with Crippen LogP contribution in [-0.2, 0) is 12.8 Å². The Bertz CT molecular complexity index is 987. The normalized spacial score (nSPS) is 21.3. The molecule has 1 fully saturated rings. The Labute approximate surface area is 191 Å². The van der Waals surface area contributed by atoms with Crippen LogP contribution in [0.1, 0.15) is 62.8 Å². The van der Waals surface area contributed by atoms with Crippen LogP contribution in [0.15, 0.2) is 37.1 Å². The third-order valence-electron chi connectivity index (χ3n) is 6.83. The number of nitrogens with zero attached hydrogens (tertiary/aromatic N) is 3. The van der Waals surface area contributed by atoms with Gasteiger partial charge in [0.05, 0.1) is 23.2 Å². The number of allylic oxidation sites excluding steroid dienone is 1. The van der Waals surface area contributed by atoms with Crippen molar-refractivity contribution in [3.8, 4) is 0 Å². The minimum Gasteiger partial charge on any atom is -0.370 e.